The minimum Gasteiger partial charge on any atom is -0.426 e. The van der Waals surface area contributed by atoms with Crippen LogP contribution < -0.4 is 11.1 Å². The Morgan fingerprint density at radius 2 is 2.03 bits per heavy atom. The molecule has 35 heavy (non-hydrogen) atoms. The van der Waals surface area contributed by atoms with Crippen LogP contribution in [0.4, 0.5) is 5.69 Å². The summed E-state index contributed by atoms with van der Waals surface area (Å²) in [4.78, 5) is 18.4. The first-order chi connectivity index (χ1) is 16.7. The van der Waals surface area contributed by atoms with E-state index in [4.69, 9.17) is 21.3 Å². The maximum Gasteiger partial charge on any atom is 0.265 e. The maximum absolute atomic E-state index is 13.4. The van der Waals surface area contributed by atoms with Crippen LogP contribution in [0, 0.1) is 16.7 Å². The van der Waals surface area contributed by atoms with Crippen molar-refractivity contribution in [2.24, 2.45) is 11.7 Å². The van der Waals surface area contributed by atoms with Gasteiger partial charge in [0.25, 0.3) is 5.91 Å². The third kappa shape index (κ3) is 7.74. The summed E-state index contributed by atoms with van der Waals surface area (Å²) < 4.78 is 5.08. The predicted octanol–water partition coefficient (Wildman–Crippen LogP) is 4.56. The number of hydrogen-bond acceptors (Lipinski definition) is 8. The van der Waals surface area contributed by atoms with E-state index < -0.39 is 6.17 Å². The van der Waals surface area contributed by atoms with Crippen molar-refractivity contribution in [2.75, 3.05) is 25.0 Å². The second kappa shape index (κ2) is 12.6. The summed E-state index contributed by atoms with van der Waals surface area (Å²) in [6.45, 7) is 8.93. The van der Waals surface area contributed by atoms with Crippen molar-refractivity contribution in [1.82, 2.24) is 9.80 Å². The van der Waals surface area contributed by atoms with Gasteiger partial charge < -0.3 is 25.6 Å². The smallest absolute Gasteiger partial charge is 0.265 e. The van der Waals surface area contributed by atoms with Gasteiger partial charge in [0, 0.05) is 50.1 Å². The number of nitrogens with one attached hydrogen (secondary N) is 3. The summed E-state index contributed by atoms with van der Waals surface area (Å²) >= 11 is 1.43. The van der Waals surface area contributed by atoms with Gasteiger partial charge in [-0.1, -0.05) is 26.0 Å². The van der Waals surface area contributed by atoms with Crippen LogP contribution in [0.1, 0.15) is 48.8 Å². The molecule has 1 saturated heterocycles. The van der Waals surface area contributed by atoms with Gasteiger partial charge in [-0.25, -0.2) is 0 Å². The van der Waals surface area contributed by atoms with Gasteiger partial charge in [0.2, 0.25) is 5.90 Å². The molecule has 0 spiro atoms. The summed E-state index contributed by atoms with van der Waals surface area (Å²) in [5.41, 5.74) is 7.87. The Hall–Kier alpha value is -3.01. The lowest BCUT2D eigenvalue weighted by Gasteiger charge is -2.40. The van der Waals surface area contributed by atoms with Crippen LogP contribution in [0.5, 0.6) is 0 Å². The molecular weight excluding hydrogens is 460 g/mol. The Labute approximate surface area is 211 Å². The van der Waals surface area contributed by atoms with E-state index in [2.05, 4.69) is 24.1 Å². The van der Waals surface area contributed by atoms with Crippen molar-refractivity contribution in [2.45, 2.75) is 45.8 Å². The molecule has 0 aliphatic carbocycles. The normalized spacial score (nSPS) is 15.8. The summed E-state index contributed by atoms with van der Waals surface area (Å²) in [6, 6.07) is 11.0. The summed E-state index contributed by atoms with van der Waals surface area (Å²) in [6.07, 6.45) is 4.75. The number of carbonyl (C=O) groups is 1. The second-order valence-electron chi connectivity index (χ2n) is 9.18. The number of nitrogens with zero attached hydrogens (tertiary/aromatic N) is 2. The Kier molecular flexibility index (Phi) is 9.59. The summed E-state index contributed by atoms with van der Waals surface area (Å²) in [5.74, 6) is 0.465. The van der Waals surface area contributed by atoms with Gasteiger partial charge in [0.05, 0.1) is 4.88 Å². The van der Waals surface area contributed by atoms with Crippen molar-refractivity contribution in [3.63, 3.8) is 0 Å². The summed E-state index contributed by atoms with van der Waals surface area (Å²) in [7, 11) is 0. The molecule has 1 aliphatic rings. The number of ether oxygens (including phenoxy) is 1. The minimum absolute atomic E-state index is 0.0333. The highest BCUT2D eigenvalue weighted by Crippen LogP contribution is 2.23. The van der Waals surface area contributed by atoms with E-state index in [1.807, 2.05) is 28.5 Å². The first kappa shape index (κ1) is 26.6. The Bertz CT molecular complexity index is 1030. The van der Waals surface area contributed by atoms with E-state index in [1.54, 1.807) is 30.5 Å². The monoisotopic (exact) mass is 496 g/mol. The number of likely N-dealkylation sites (tertiary alicyclic amines) is 1. The molecule has 188 valence electrons. The van der Waals surface area contributed by atoms with Gasteiger partial charge in [-0.05, 0) is 54.5 Å². The van der Waals surface area contributed by atoms with E-state index in [0.717, 1.165) is 38.2 Å². The highest BCUT2D eigenvalue weighted by Gasteiger charge is 2.32. The molecule has 1 aromatic heterocycles. The fourth-order valence-corrected chi connectivity index (χ4v) is 4.93. The third-order valence-electron chi connectivity index (χ3n) is 5.78. The Balaban J connectivity index is 1.69. The predicted molar refractivity (Wildman–Crippen MR) is 143 cm³/mol. The molecule has 5 N–H and O–H groups in total. The average molecular weight is 497 g/mol. The largest absolute Gasteiger partial charge is 0.426 e. The van der Waals surface area contributed by atoms with Gasteiger partial charge in [-0.2, -0.15) is 0 Å². The van der Waals surface area contributed by atoms with E-state index in [-0.39, 0.29) is 23.7 Å². The number of carbonyl (C=O) groups excluding carboxylic acids is 1. The Morgan fingerprint density at radius 1 is 1.29 bits per heavy atom. The molecule has 1 atom stereocenters. The number of hydrogen-bond donors (Lipinski definition) is 4. The minimum atomic E-state index is -0.580. The first-order valence-electron chi connectivity index (χ1n) is 11.9. The SMILES string of the molecule is CC(=N)OC(=N)c1cccc(N/C=C\C(N)N(C(=O)c2cccs2)C2CCN(CC(C)C)CC2)c1. The van der Waals surface area contributed by atoms with Gasteiger partial charge in [0.1, 0.15) is 6.17 Å². The molecule has 1 amide bonds. The molecule has 0 saturated carbocycles. The number of thiophene rings is 1. The molecule has 1 fully saturated rings. The highest BCUT2D eigenvalue weighted by atomic mass is 32.1. The second-order valence-corrected chi connectivity index (χ2v) is 10.1. The molecule has 1 unspecified atom stereocenters. The van der Waals surface area contributed by atoms with Gasteiger partial charge in [-0.3, -0.25) is 15.6 Å². The number of anilines is 1. The Morgan fingerprint density at radius 3 is 2.66 bits per heavy atom. The third-order valence-corrected chi connectivity index (χ3v) is 6.64. The lowest BCUT2D eigenvalue weighted by Crippen LogP contribution is -2.54. The molecule has 3 rings (SSSR count). The van der Waals surface area contributed by atoms with Gasteiger partial charge >= 0.3 is 0 Å². The molecule has 0 bridgehead atoms. The quantitative estimate of drug-likeness (QED) is 0.231. The lowest BCUT2D eigenvalue weighted by molar-refractivity contribution is 0.0497. The molecule has 1 aliphatic heterocycles. The van der Waals surface area contributed by atoms with Crippen molar-refractivity contribution in [3.05, 3.63) is 64.5 Å². The molecule has 8 nitrogen and oxygen atoms in total. The van der Waals surface area contributed by atoms with Crippen molar-refractivity contribution in [1.29, 1.82) is 10.8 Å². The molecule has 2 aromatic rings. The first-order valence-corrected chi connectivity index (χ1v) is 12.8. The average Bonchev–Trinajstić information content (AvgIpc) is 3.35. The van der Waals surface area contributed by atoms with Crippen LogP contribution in [-0.4, -0.2) is 59.3 Å². The topological polar surface area (TPSA) is 119 Å². The number of piperidine rings is 1. The zero-order valence-electron chi connectivity index (χ0n) is 20.7. The molecule has 2 heterocycles. The van der Waals surface area contributed by atoms with Crippen molar-refractivity contribution in [3.8, 4) is 0 Å². The van der Waals surface area contributed by atoms with Crippen LogP contribution in [0.2, 0.25) is 0 Å². The number of rotatable bonds is 9. The van der Waals surface area contributed by atoms with Crippen LogP contribution in [0.15, 0.2) is 54.1 Å². The molecule has 1 aromatic carbocycles. The van der Waals surface area contributed by atoms with E-state index in [1.165, 1.54) is 18.3 Å². The van der Waals surface area contributed by atoms with Crippen molar-refractivity contribution < 1.29 is 9.53 Å². The van der Waals surface area contributed by atoms with Gasteiger partial charge in [0.15, 0.2) is 5.90 Å². The van der Waals surface area contributed by atoms with Crippen LogP contribution in [0.3, 0.4) is 0 Å². The van der Waals surface area contributed by atoms with Crippen LogP contribution in [-0.2, 0) is 4.74 Å². The van der Waals surface area contributed by atoms with Crippen molar-refractivity contribution >= 4 is 34.7 Å². The summed E-state index contributed by atoms with van der Waals surface area (Å²) in [5, 5.41) is 20.4. The number of amides is 1. The van der Waals surface area contributed by atoms with E-state index >= 15 is 0 Å². The zero-order chi connectivity index (χ0) is 25.4. The molecular formula is C26H36N6O2S. The van der Waals surface area contributed by atoms with Gasteiger partial charge in [-0.15, -0.1) is 11.3 Å². The standard InChI is InChI=1S/C26H36N6O2S/c1-18(2)17-31-13-10-22(11-14-31)32(26(33)23-8-5-15-35-23)24(28)9-12-30-21-7-4-6-20(16-21)25(29)34-19(3)27/h4-9,12,15-16,18,22,24,27,29-30H,10-11,13-14,17,28H2,1-3H3/b12-9-,27-19?,29-25?. The van der Waals surface area contributed by atoms with Crippen LogP contribution in [0.25, 0.3) is 0 Å². The maximum atomic E-state index is 13.4. The fraction of sp³-hybridized carbons (Fsp3) is 0.423. The lowest BCUT2D eigenvalue weighted by atomic mass is 10.0. The highest BCUT2D eigenvalue weighted by molar-refractivity contribution is 7.12. The number of benzene rings is 1. The zero-order valence-corrected chi connectivity index (χ0v) is 21.5. The van der Waals surface area contributed by atoms with E-state index in [0.29, 0.717) is 16.4 Å². The van der Waals surface area contributed by atoms with E-state index in [9.17, 15) is 4.79 Å². The van der Waals surface area contributed by atoms with Crippen LogP contribution >= 0.6 is 11.3 Å². The fourth-order valence-electron chi connectivity index (χ4n) is 4.27. The molecule has 9 heteroatoms. The molecule has 0 radical (unpaired) electrons. The number of nitrogens with two attached hydrogens (primary N) is 1.